The van der Waals surface area contributed by atoms with Crippen LogP contribution in [0.25, 0.3) is 0 Å². The van der Waals surface area contributed by atoms with Crippen LogP contribution in [0.2, 0.25) is 0 Å². The first-order chi connectivity index (χ1) is 9.36. The lowest BCUT2D eigenvalue weighted by molar-refractivity contribution is 0.0735. The number of benzene rings is 1. The van der Waals surface area contributed by atoms with Crippen LogP contribution in [0.4, 0.5) is 0 Å². The van der Waals surface area contributed by atoms with Gasteiger partial charge in [-0.2, -0.15) is 0 Å². The van der Waals surface area contributed by atoms with Crippen LogP contribution in [0.1, 0.15) is 34.8 Å². The van der Waals surface area contributed by atoms with E-state index in [2.05, 4.69) is 17.1 Å². The van der Waals surface area contributed by atoms with Crippen LogP contribution < -0.4 is 0 Å². The fraction of sp³-hybridized carbons (Fsp3) is 0.250. The van der Waals surface area contributed by atoms with E-state index in [1.165, 1.54) is 5.56 Å². The molecule has 19 heavy (non-hydrogen) atoms. The minimum atomic E-state index is 0.105. The summed E-state index contributed by atoms with van der Waals surface area (Å²) < 4.78 is 0. The van der Waals surface area contributed by atoms with Crippen molar-refractivity contribution in [2.75, 3.05) is 6.54 Å². The van der Waals surface area contributed by atoms with Gasteiger partial charge in [0.25, 0.3) is 5.91 Å². The minimum Gasteiger partial charge on any atom is -0.332 e. The number of amides is 1. The van der Waals surface area contributed by atoms with E-state index in [9.17, 15) is 4.79 Å². The standard InChI is InChI=1S/C16H16N2O/c19-16(14-8-10-17-11-9-14)18-12-4-7-15(18)13-5-2-1-3-6-13/h1-3,5-6,8-11,15H,4,7,12H2/t15-/m0/s1. The highest BCUT2D eigenvalue weighted by Gasteiger charge is 2.30. The molecule has 0 aliphatic carbocycles. The maximum absolute atomic E-state index is 12.5. The number of carbonyl (C=O) groups excluding carboxylic acids is 1. The topological polar surface area (TPSA) is 33.2 Å². The summed E-state index contributed by atoms with van der Waals surface area (Å²) in [7, 11) is 0. The van der Waals surface area contributed by atoms with E-state index in [1.54, 1.807) is 24.5 Å². The molecule has 1 fully saturated rings. The molecule has 2 heterocycles. The first kappa shape index (κ1) is 11.9. The van der Waals surface area contributed by atoms with Crippen molar-refractivity contribution in [1.29, 1.82) is 0 Å². The molecular formula is C16H16N2O. The molecule has 96 valence electrons. The monoisotopic (exact) mass is 252 g/mol. The Morgan fingerprint density at radius 2 is 1.84 bits per heavy atom. The summed E-state index contributed by atoms with van der Waals surface area (Å²) in [5, 5.41) is 0. The van der Waals surface area contributed by atoms with Crippen molar-refractivity contribution in [2.45, 2.75) is 18.9 Å². The lowest BCUT2D eigenvalue weighted by Gasteiger charge is -2.25. The molecular weight excluding hydrogens is 236 g/mol. The number of carbonyl (C=O) groups is 1. The fourth-order valence-electron chi connectivity index (χ4n) is 2.69. The van der Waals surface area contributed by atoms with E-state index in [4.69, 9.17) is 0 Å². The number of hydrogen-bond donors (Lipinski definition) is 0. The Balaban J connectivity index is 1.86. The van der Waals surface area contributed by atoms with Gasteiger partial charge in [-0.05, 0) is 30.5 Å². The number of aromatic nitrogens is 1. The van der Waals surface area contributed by atoms with Gasteiger partial charge in [0.15, 0.2) is 0 Å². The maximum atomic E-state index is 12.5. The van der Waals surface area contributed by atoms with Crippen molar-refractivity contribution in [3.05, 3.63) is 66.0 Å². The molecule has 0 N–H and O–H groups in total. The number of rotatable bonds is 2. The van der Waals surface area contributed by atoms with Gasteiger partial charge >= 0.3 is 0 Å². The third kappa shape index (κ3) is 2.36. The molecule has 1 saturated heterocycles. The van der Waals surface area contributed by atoms with Crippen molar-refractivity contribution in [2.24, 2.45) is 0 Å². The van der Waals surface area contributed by atoms with Gasteiger partial charge in [0, 0.05) is 24.5 Å². The molecule has 1 atom stereocenters. The summed E-state index contributed by atoms with van der Waals surface area (Å²) in [5.41, 5.74) is 1.94. The normalized spacial score (nSPS) is 18.5. The van der Waals surface area contributed by atoms with Crippen molar-refractivity contribution >= 4 is 5.91 Å². The van der Waals surface area contributed by atoms with Gasteiger partial charge in [-0.1, -0.05) is 30.3 Å². The van der Waals surface area contributed by atoms with Gasteiger partial charge < -0.3 is 4.90 Å². The zero-order chi connectivity index (χ0) is 13.1. The van der Waals surface area contributed by atoms with Crippen LogP contribution in [0.15, 0.2) is 54.9 Å². The van der Waals surface area contributed by atoms with Crippen molar-refractivity contribution in [3.8, 4) is 0 Å². The van der Waals surface area contributed by atoms with Gasteiger partial charge in [0.1, 0.15) is 0 Å². The Kier molecular flexibility index (Phi) is 3.27. The molecule has 1 amide bonds. The minimum absolute atomic E-state index is 0.105. The molecule has 1 aromatic heterocycles. The van der Waals surface area contributed by atoms with Gasteiger partial charge in [0.05, 0.1) is 6.04 Å². The Morgan fingerprint density at radius 3 is 2.58 bits per heavy atom. The highest BCUT2D eigenvalue weighted by atomic mass is 16.2. The number of nitrogens with zero attached hydrogens (tertiary/aromatic N) is 2. The molecule has 0 unspecified atom stereocenters. The van der Waals surface area contributed by atoms with Crippen LogP contribution >= 0.6 is 0 Å². The quantitative estimate of drug-likeness (QED) is 0.823. The van der Waals surface area contributed by atoms with Crippen molar-refractivity contribution in [1.82, 2.24) is 9.88 Å². The van der Waals surface area contributed by atoms with E-state index in [0.717, 1.165) is 24.9 Å². The molecule has 3 rings (SSSR count). The third-order valence-corrected chi connectivity index (χ3v) is 3.63. The molecule has 1 aliphatic rings. The second-order valence-electron chi connectivity index (χ2n) is 4.80. The second kappa shape index (κ2) is 5.22. The lowest BCUT2D eigenvalue weighted by Crippen LogP contribution is -2.30. The van der Waals surface area contributed by atoms with Crippen molar-refractivity contribution in [3.63, 3.8) is 0 Å². The molecule has 1 aromatic carbocycles. The molecule has 2 aromatic rings. The van der Waals surface area contributed by atoms with E-state index in [1.807, 2.05) is 23.1 Å². The van der Waals surface area contributed by atoms with E-state index in [0.29, 0.717) is 0 Å². The summed E-state index contributed by atoms with van der Waals surface area (Å²) in [5.74, 6) is 0.105. The number of hydrogen-bond acceptors (Lipinski definition) is 2. The van der Waals surface area contributed by atoms with Gasteiger partial charge in [0.2, 0.25) is 0 Å². The van der Waals surface area contributed by atoms with Gasteiger partial charge in [-0.25, -0.2) is 0 Å². The predicted molar refractivity (Wildman–Crippen MR) is 73.7 cm³/mol. The Bertz CT molecular complexity index is 553. The number of pyridine rings is 1. The summed E-state index contributed by atoms with van der Waals surface area (Å²) in [4.78, 5) is 18.5. The van der Waals surface area contributed by atoms with Gasteiger partial charge in [-0.3, -0.25) is 9.78 Å². The van der Waals surface area contributed by atoms with E-state index >= 15 is 0 Å². The summed E-state index contributed by atoms with van der Waals surface area (Å²) in [6.07, 6.45) is 5.44. The average Bonchev–Trinajstić information content (AvgIpc) is 2.98. The molecule has 1 aliphatic heterocycles. The fourth-order valence-corrected chi connectivity index (χ4v) is 2.69. The SMILES string of the molecule is O=C(c1ccncc1)N1CCC[C@H]1c1ccccc1. The molecule has 0 bridgehead atoms. The highest BCUT2D eigenvalue weighted by molar-refractivity contribution is 5.94. The van der Waals surface area contributed by atoms with Crippen LogP contribution in [-0.2, 0) is 0 Å². The van der Waals surface area contributed by atoms with Crippen LogP contribution in [-0.4, -0.2) is 22.3 Å². The molecule has 0 radical (unpaired) electrons. The van der Waals surface area contributed by atoms with Crippen molar-refractivity contribution < 1.29 is 4.79 Å². The zero-order valence-corrected chi connectivity index (χ0v) is 10.7. The molecule has 0 saturated carbocycles. The Labute approximate surface area is 112 Å². The molecule has 3 heteroatoms. The number of likely N-dealkylation sites (tertiary alicyclic amines) is 1. The highest BCUT2D eigenvalue weighted by Crippen LogP contribution is 2.32. The van der Waals surface area contributed by atoms with Crippen LogP contribution in [0.5, 0.6) is 0 Å². The summed E-state index contributed by atoms with van der Waals surface area (Å²) in [6, 6.07) is 14.0. The van der Waals surface area contributed by atoms with E-state index in [-0.39, 0.29) is 11.9 Å². The van der Waals surface area contributed by atoms with E-state index < -0.39 is 0 Å². The second-order valence-corrected chi connectivity index (χ2v) is 4.80. The van der Waals surface area contributed by atoms with Crippen LogP contribution in [0, 0.1) is 0 Å². The smallest absolute Gasteiger partial charge is 0.254 e. The Hall–Kier alpha value is -2.16. The predicted octanol–water partition coefficient (Wildman–Crippen LogP) is 3.06. The average molecular weight is 252 g/mol. The lowest BCUT2D eigenvalue weighted by atomic mass is 10.0. The summed E-state index contributed by atoms with van der Waals surface area (Å²) >= 11 is 0. The summed E-state index contributed by atoms with van der Waals surface area (Å²) in [6.45, 7) is 0.834. The zero-order valence-electron chi connectivity index (χ0n) is 10.7. The first-order valence-corrected chi connectivity index (χ1v) is 6.62. The maximum Gasteiger partial charge on any atom is 0.254 e. The Morgan fingerprint density at radius 1 is 1.11 bits per heavy atom. The van der Waals surface area contributed by atoms with Gasteiger partial charge in [-0.15, -0.1) is 0 Å². The molecule has 0 spiro atoms. The molecule has 3 nitrogen and oxygen atoms in total. The largest absolute Gasteiger partial charge is 0.332 e. The van der Waals surface area contributed by atoms with Crippen LogP contribution in [0.3, 0.4) is 0 Å². The third-order valence-electron chi connectivity index (χ3n) is 3.63. The first-order valence-electron chi connectivity index (χ1n) is 6.62.